The van der Waals surface area contributed by atoms with Crippen LogP contribution in [0.25, 0.3) is 0 Å². The number of carbonyl (C=O) groups excluding carboxylic acids is 1. The molecule has 14 nitrogen and oxygen atoms in total. The molecule has 2 fully saturated rings. The normalized spacial score (nSPS) is 29.7. The standard InChI is InChI=1S/C19H30N4O10/c24-17(12-5-2-7-14(23(31)32)16(12)19(27)28)20-8-3-9-21-33-10-11-4-1-6-13(22(29)30)15(11)18(25)26/h11-16,21H,1-10H2,(H,20,24)(H,25,26)(H,27,28). The van der Waals surface area contributed by atoms with E-state index in [0.29, 0.717) is 25.7 Å². The summed E-state index contributed by atoms with van der Waals surface area (Å²) in [6, 6.07) is -2.42. The van der Waals surface area contributed by atoms with Gasteiger partial charge in [-0.15, -0.1) is 0 Å². The third kappa shape index (κ3) is 7.05. The fourth-order valence-electron chi connectivity index (χ4n) is 4.84. The van der Waals surface area contributed by atoms with Crippen LogP contribution >= 0.6 is 0 Å². The van der Waals surface area contributed by atoms with E-state index in [-0.39, 0.29) is 39.0 Å². The molecule has 0 aromatic heterocycles. The Morgan fingerprint density at radius 1 is 0.879 bits per heavy atom. The number of rotatable bonds is 12. The second kappa shape index (κ2) is 12.4. The van der Waals surface area contributed by atoms with Crippen LogP contribution in [-0.2, 0) is 19.2 Å². The van der Waals surface area contributed by atoms with E-state index < -0.39 is 63.4 Å². The maximum Gasteiger partial charge on any atom is 0.314 e. The predicted molar refractivity (Wildman–Crippen MR) is 110 cm³/mol. The quantitative estimate of drug-likeness (QED) is 0.172. The fraction of sp³-hybridized carbons (Fsp3) is 0.842. The van der Waals surface area contributed by atoms with Gasteiger partial charge in [0.15, 0.2) is 0 Å². The van der Waals surface area contributed by atoms with E-state index in [1.165, 1.54) is 0 Å². The number of nitrogens with zero attached hydrogens (tertiary/aromatic N) is 2. The number of hydroxylamine groups is 1. The van der Waals surface area contributed by atoms with Crippen LogP contribution in [0.15, 0.2) is 0 Å². The maximum atomic E-state index is 12.4. The summed E-state index contributed by atoms with van der Waals surface area (Å²) in [5, 5.41) is 43.6. The van der Waals surface area contributed by atoms with Crippen LogP contribution in [0.4, 0.5) is 0 Å². The summed E-state index contributed by atoms with van der Waals surface area (Å²) in [4.78, 5) is 61.8. The lowest BCUT2D eigenvalue weighted by Gasteiger charge is -2.30. The van der Waals surface area contributed by atoms with Gasteiger partial charge < -0.3 is 20.4 Å². The molecule has 14 heteroatoms. The number of nitro groups is 2. The summed E-state index contributed by atoms with van der Waals surface area (Å²) < 4.78 is 0. The van der Waals surface area contributed by atoms with Gasteiger partial charge in [0, 0.05) is 41.7 Å². The Labute approximate surface area is 189 Å². The Bertz CT molecular complexity index is 748. The first-order valence-electron chi connectivity index (χ1n) is 11.0. The Morgan fingerprint density at radius 3 is 2.03 bits per heavy atom. The van der Waals surface area contributed by atoms with Gasteiger partial charge in [0.2, 0.25) is 18.0 Å². The highest BCUT2D eigenvalue weighted by Gasteiger charge is 2.48. The van der Waals surface area contributed by atoms with Crippen LogP contribution in [0.2, 0.25) is 0 Å². The lowest BCUT2D eigenvalue weighted by Crippen LogP contribution is -2.48. The minimum atomic E-state index is -1.36. The maximum absolute atomic E-state index is 12.4. The predicted octanol–water partition coefficient (Wildman–Crippen LogP) is 0.306. The number of hydrogen-bond donors (Lipinski definition) is 4. The summed E-state index contributed by atoms with van der Waals surface area (Å²) >= 11 is 0. The fourth-order valence-corrected chi connectivity index (χ4v) is 4.84. The summed E-state index contributed by atoms with van der Waals surface area (Å²) in [5.74, 6) is -7.04. The smallest absolute Gasteiger partial charge is 0.314 e. The first-order chi connectivity index (χ1) is 15.6. The number of amides is 1. The van der Waals surface area contributed by atoms with Crippen LogP contribution in [-0.4, -0.2) is 69.7 Å². The van der Waals surface area contributed by atoms with Crippen LogP contribution in [0.3, 0.4) is 0 Å². The molecule has 2 rings (SSSR count). The van der Waals surface area contributed by atoms with Crippen molar-refractivity contribution in [1.29, 1.82) is 0 Å². The minimum Gasteiger partial charge on any atom is -0.481 e. The largest absolute Gasteiger partial charge is 0.481 e. The zero-order valence-corrected chi connectivity index (χ0v) is 18.1. The molecule has 0 spiro atoms. The van der Waals surface area contributed by atoms with Crippen molar-refractivity contribution in [2.45, 2.75) is 57.0 Å². The molecule has 0 aromatic rings. The molecule has 2 aliphatic rings. The summed E-state index contributed by atoms with van der Waals surface area (Å²) in [5.41, 5.74) is 2.64. The van der Waals surface area contributed by atoms with Crippen LogP contribution in [0.5, 0.6) is 0 Å². The van der Waals surface area contributed by atoms with E-state index in [2.05, 4.69) is 10.8 Å². The van der Waals surface area contributed by atoms with Crippen molar-refractivity contribution in [3.05, 3.63) is 20.2 Å². The van der Waals surface area contributed by atoms with Gasteiger partial charge in [0.1, 0.15) is 11.8 Å². The Balaban J connectivity index is 1.71. The van der Waals surface area contributed by atoms with E-state index >= 15 is 0 Å². The Morgan fingerprint density at radius 2 is 1.45 bits per heavy atom. The number of aliphatic carboxylic acids is 2. The molecule has 33 heavy (non-hydrogen) atoms. The van der Waals surface area contributed by atoms with Gasteiger partial charge in [0.05, 0.1) is 12.5 Å². The van der Waals surface area contributed by atoms with Crippen molar-refractivity contribution in [2.75, 3.05) is 19.7 Å². The first-order valence-corrected chi connectivity index (χ1v) is 11.0. The molecule has 2 aliphatic carbocycles. The van der Waals surface area contributed by atoms with Gasteiger partial charge in [-0.3, -0.25) is 34.6 Å². The summed E-state index contributed by atoms with van der Waals surface area (Å²) in [6.07, 6.45) is 2.48. The molecule has 0 aliphatic heterocycles. The molecule has 0 radical (unpaired) electrons. The topological polar surface area (TPSA) is 211 Å². The van der Waals surface area contributed by atoms with Crippen molar-refractivity contribution in [3.63, 3.8) is 0 Å². The third-order valence-corrected chi connectivity index (χ3v) is 6.46. The van der Waals surface area contributed by atoms with Crippen molar-refractivity contribution in [3.8, 4) is 0 Å². The number of hydrogen-bond acceptors (Lipinski definition) is 9. The zero-order chi connectivity index (χ0) is 24.5. The molecule has 1 amide bonds. The van der Waals surface area contributed by atoms with Gasteiger partial charge in [-0.25, -0.2) is 5.48 Å². The van der Waals surface area contributed by atoms with E-state index in [4.69, 9.17) is 4.84 Å². The molecule has 6 atom stereocenters. The van der Waals surface area contributed by atoms with Crippen LogP contribution < -0.4 is 10.8 Å². The van der Waals surface area contributed by atoms with Gasteiger partial charge in [-0.2, -0.15) is 0 Å². The average Bonchev–Trinajstić information content (AvgIpc) is 2.77. The lowest BCUT2D eigenvalue weighted by molar-refractivity contribution is -0.535. The minimum absolute atomic E-state index is 0.00168. The molecule has 186 valence electrons. The monoisotopic (exact) mass is 474 g/mol. The Hall–Kier alpha value is -2.87. The molecule has 2 saturated carbocycles. The third-order valence-electron chi connectivity index (χ3n) is 6.46. The molecular weight excluding hydrogens is 444 g/mol. The van der Waals surface area contributed by atoms with E-state index in [1.807, 2.05) is 0 Å². The van der Waals surface area contributed by atoms with Crippen molar-refractivity contribution < 1.29 is 39.3 Å². The number of carboxylic acid groups (broad SMARTS) is 2. The van der Waals surface area contributed by atoms with E-state index in [0.717, 1.165) is 0 Å². The molecule has 4 N–H and O–H groups in total. The molecular formula is C19H30N4O10. The number of carbonyl (C=O) groups is 3. The van der Waals surface area contributed by atoms with Crippen LogP contribution in [0.1, 0.15) is 44.9 Å². The molecule has 0 heterocycles. The highest BCUT2D eigenvalue weighted by atomic mass is 16.6. The van der Waals surface area contributed by atoms with Crippen LogP contribution in [0, 0.1) is 43.9 Å². The number of carboxylic acids is 2. The Kier molecular flexibility index (Phi) is 9.91. The average molecular weight is 474 g/mol. The summed E-state index contributed by atoms with van der Waals surface area (Å²) in [6.45, 7) is 0.470. The number of nitrogens with one attached hydrogen (secondary N) is 2. The second-order valence-corrected chi connectivity index (χ2v) is 8.51. The SMILES string of the molecule is O=C(NCCCNOCC1CCCC([N+](=O)[O-])C1C(=O)O)C1CCCC([N+](=O)[O-])C1C(=O)O. The molecule has 6 unspecified atom stereocenters. The highest BCUT2D eigenvalue weighted by Crippen LogP contribution is 2.33. The molecule has 0 saturated heterocycles. The highest BCUT2D eigenvalue weighted by molar-refractivity contribution is 5.85. The van der Waals surface area contributed by atoms with Gasteiger partial charge in [-0.05, 0) is 32.1 Å². The van der Waals surface area contributed by atoms with Gasteiger partial charge in [0.25, 0.3) is 0 Å². The van der Waals surface area contributed by atoms with E-state index in [1.54, 1.807) is 0 Å². The molecule has 0 bridgehead atoms. The van der Waals surface area contributed by atoms with Crippen molar-refractivity contribution in [2.24, 2.45) is 23.7 Å². The second-order valence-electron chi connectivity index (χ2n) is 8.51. The van der Waals surface area contributed by atoms with Crippen molar-refractivity contribution in [1.82, 2.24) is 10.8 Å². The molecule has 0 aromatic carbocycles. The van der Waals surface area contributed by atoms with Crippen molar-refractivity contribution >= 4 is 17.8 Å². The summed E-state index contributed by atoms with van der Waals surface area (Å²) in [7, 11) is 0. The van der Waals surface area contributed by atoms with Gasteiger partial charge in [-0.1, -0.05) is 0 Å². The first kappa shape index (κ1) is 26.4. The van der Waals surface area contributed by atoms with Gasteiger partial charge >= 0.3 is 11.9 Å². The zero-order valence-electron chi connectivity index (χ0n) is 18.1. The lowest BCUT2D eigenvalue weighted by atomic mass is 9.75. The van der Waals surface area contributed by atoms with E-state index in [9.17, 15) is 44.8 Å².